The van der Waals surface area contributed by atoms with Crippen LogP contribution >= 0.6 is 0 Å². The van der Waals surface area contributed by atoms with Crippen molar-refractivity contribution in [3.63, 3.8) is 0 Å². The van der Waals surface area contributed by atoms with Gasteiger partial charge in [0, 0.05) is 0 Å². The number of esters is 1. The van der Waals surface area contributed by atoms with E-state index in [1.165, 1.54) is 5.56 Å². The molecule has 138 valence electrons. The fourth-order valence-corrected chi connectivity index (χ4v) is 2.40. The number of benzene rings is 2. The summed E-state index contributed by atoms with van der Waals surface area (Å²) in [5, 5.41) is 2.73. The van der Waals surface area contributed by atoms with Crippen LogP contribution in [0.4, 0.5) is 5.69 Å². The van der Waals surface area contributed by atoms with E-state index in [0.717, 1.165) is 0 Å². The van der Waals surface area contributed by atoms with Crippen LogP contribution in [0.3, 0.4) is 0 Å². The third kappa shape index (κ3) is 5.09. The maximum Gasteiger partial charge on any atom is 0.340 e. The predicted octanol–water partition coefficient (Wildman–Crippen LogP) is 4.39. The van der Waals surface area contributed by atoms with Gasteiger partial charge < -0.3 is 14.8 Å². The molecule has 26 heavy (non-hydrogen) atoms. The first-order valence-corrected chi connectivity index (χ1v) is 8.76. The summed E-state index contributed by atoms with van der Waals surface area (Å²) >= 11 is 0. The summed E-state index contributed by atoms with van der Waals surface area (Å²) in [4.78, 5) is 24.4. The average molecular weight is 355 g/mol. The fraction of sp³-hybridized carbons (Fsp3) is 0.333. The van der Waals surface area contributed by atoms with E-state index in [4.69, 9.17) is 9.47 Å². The van der Waals surface area contributed by atoms with E-state index in [1.54, 1.807) is 38.1 Å². The SMILES string of the molecule is CCOC(=O)c1ccccc1NC(=O)C(C)Oc1ccc(C(C)C)cc1. The molecular weight excluding hydrogens is 330 g/mol. The summed E-state index contributed by atoms with van der Waals surface area (Å²) in [5.41, 5.74) is 1.93. The Balaban J connectivity index is 2.04. The highest BCUT2D eigenvalue weighted by Crippen LogP contribution is 2.20. The van der Waals surface area contributed by atoms with Crippen LogP contribution in [0.2, 0.25) is 0 Å². The van der Waals surface area contributed by atoms with Gasteiger partial charge in [-0.25, -0.2) is 4.79 Å². The average Bonchev–Trinajstić information content (AvgIpc) is 2.62. The number of carbonyl (C=O) groups excluding carboxylic acids is 2. The first-order valence-electron chi connectivity index (χ1n) is 8.76. The van der Waals surface area contributed by atoms with Crippen molar-refractivity contribution in [2.75, 3.05) is 11.9 Å². The zero-order chi connectivity index (χ0) is 19.1. The number of nitrogens with one attached hydrogen (secondary N) is 1. The third-order valence-electron chi connectivity index (χ3n) is 3.91. The van der Waals surface area contributed by atoms with Gasteiger partial charge in [0.15, 0.2) is 6.10 Å². The van der Waals surface area contributed by atoms with Crippen molar-refractivity contribution in [3.8, 4) is 5.75 Å². The Bertz CT molecular complexity index is 753. The van der Waals surface area contributed by atoms with Gasteiger partial charge in [-0.1, -0.05) is 38.1 Å². The lowest BCUT2D eigenvalue weighted by Gasteiger charge is -2.16. The molecule has 0 heterocycles. The summed E-state index contributed by atoms with van der Waals surface area (Å²) in [6.45, 7) is 7.91. The minimum Gasteiger partial charge on any atom is -0.481 e. The quantitative estimate of drug-likeness (QED) is 0.748. The number of hydrogen-bond donors (Lipinski definition) is 1. The molecule has 0 saturated heterocycles. The second-order valence-corrected chi connectivity index (χ2v) is 6.24. The summed E-state index contributed by atoms with van der Waals surface area (Å²) in [6, 6.07) is 14.4. The second-order valence-electron chi connectivity index (χ2n) is 6.24. The van der Waals surface area contributed by atoms with Crippen LogP contribution in [0.1, 0.15) is 49.5 Å². The molecule has 0 aliphatic heterocycles. The van der Waals surface area contributed by atoms with E-state index in [2.05, 4.69) is 19.2 Å². The topological polar surface area (TPSA) is 64.6 Å². The Morgan fingerprint density at radius 3 is 2.27 bits per heavy atom. The van der Waals surface area contributed by atoms with E-state index in [1.807, 2.05) is 24.3 Å². The normalized spacial score (nSPS) is 11.7. The zero-order valence-electron chi connectivity index (χ0n) is 15.6. The highest BCUT2D eigenvalue weighted by molar-refractivity contribution is 6.02. The number of anilines is 1. The van der Waals surface area contributed by atoms with Crippen molar-refractivity contribution < 1.29 is 19.1 Å². The van der Waals surface area contributed by atoms with Crippen molar-refractivity contribution in [1.82, 2.24) is 0 Å². The van der Waals surface area contributed by atoms with Crippen molar-refractivity contribution in [1.29, 1.82) is 0 Å². The van der Waals surface area contributed by atoms with E-state index in [-0.39, 0.29) is 12.5 Å². The monoisotopic (exact) mass is 355 g/mol. The number of carbonyl (C=O) groups is 2. The number of amides is 1. The van der Waals surface area contributed by atoms with Crippen LogP contribution in [0.15, 0.2) is 48.5 Å². The molecule has 1 unspecified atom stereocenters. The maximum absolute atomic E-state index is 12.4. The summed E-state index contributed by atoms with van der Waals surface area (Å²) in [6.07, 6.45) is -0.713. The van der Waals surface area contributed by atoms with Gasteiger partial charge in [0.2, 0.25) is 0 Å². The molecule has 5 heteroatoms. The molecule has 1 amide bonds. The van der Waals surface area contributed by atoms with Gasteiger partial charge in [0.25, 0.3) is 5.91 Å². The molecule has 2 rings (SSSR count). The molecule has 2 aromatic rings. The standard InChI is InChI=1S/C21H25NO4/c1-5-25-21(24)18-8-6-7-9-19(18)22-20(23)15(4)26-17-12-10-16(11-13-17)14(2)3/h6-15H,5H2,1-4H3,(H,22,23). The molecule has 2 aromatic carbocycles. The Morgan fingerprint density at radius 2 is 1.65 bits per heavy atom. The fourth-order valence-electron chi connectivity index (χ4n) is 2.40. The van der Waals surface area contributed by atoms with E-state index < -0.39 is 12.1 Å². The Labute approximate surface area is 154 Å². The predicted molar refractivity (Wildman–Crippen MR) is 102 cm³/mol. The van der Waals surface area contributed by atoms with Gasteiger partial charge in [-0.05, 0) is 49.6 Å². The van der Waals surface area contributed by atoms with Crippen molar-refractivity contribution in [2.24, 2.45) is 0 Å². The third-order valence-corrected chi connectivity index (χ3v) is 3.91. The number of hydrogen-bond acceptors (Lipinski definition) is 4. The van der Waals surface area contributed by atoms with E-state index in [9.17, 15) is 9.59 Å². The number of ether oxygens (including phenoxy) is 2. The van der Waals surface area contributed by atoms with Gasteiger partial charge in [-0.15, -0.1) is 0 Å². The van der Waals surface area contributed by atoms with Crippen LogP contribution in [0, 0.1) is 0 Å². The van der Waals surface area contributed by atoms with Crippen LogP contribution in [0.25, 0.3) is 0 Å². The highest BCUT2D eigenvalue weighted by atomic mass is 16.5. The van der Waals surface area contributed by atoms with Crippen molar-refractivity contribution in [3.05, 3.63) is 59.7 Å². The lowest BCUT2D eigenvalue weighted by atomic mass is 10.0. The molecule has 0 bridgehead atoms. The van der Waals surface area contributed by atoms with Crippen LogP contribution < -0.4 is 10.1 Å². The van der Waals surface area contributed by atoms with Gasteiger partial charge in [-0.3, -0.25) is 4.79 Å². The zero-order valence-corrected chi connectivity index (χ0v) is 15.6. The Morgan fingerprint density at radius 1 is 1.00 bits per heavy atom. The molecule has 0 aliphatic rings. The maximum atomic E-state index is 12.4. The lowest BCUT2D eigenvalue weighted by Crippen LogP contribution is -2.30. The smallest absolute Gasteiger partial charge is 0.340 e. The summed E-state index contributed by atoms with van der Waals surface area (Å²) in [7, 11) is 0. The lowest BCUT2D eigenvalue weighted by molar-refractivity contribution is -0.122. The molecule has 0 spiro atoms. The van der Waals surface area contributed by atoms with E-state index in [0.29, 0.717) is 22.9 Å². The summed E-state index contributed by atoms with van der Waals surface area (Å²) < 4.78 is 10.7. The molecule has 1 atom stereocenters. The van der Waals surface area contributed by atoms with Gasteiger partial charge in [0.05, 0.1) is 17.9 Å². The van der Waals surface area contributed by atoms with Crippen molar-refractivity contribution in [2.45, 2.75) is 39.7 Å². The molecule has 5 nitrogen and oxygen atoms in total. The Kier molecular flexibility index (Phi) is 6.78. The van der Waals surface area contributed by atoms with Crippen molar-refractivity contribution >= 4 is 17.6 Å². The largest absolute Gasteiger partial charge is 0.481 e. The molecule has 0 aromatic heterocycles. The first kappa shape index (κ1) is 19.5. The first-order chi connectivity index (χ1) is 12.4. The molecular formula is C21H25NO4. The molecule has 0 radical (unpaired) electrons. The van der Waals surface area contributed by atoms with Crippen LogP contribution in [0.5, 0.6) is 5.75 Å². The minimum atomic E-state index is -0.713. The van der Waals surface area contributed by atoms with Gasteiger partial charge in [0.1, 0.15) is 5.75 Å². The summed E-state index contributed by atoms with van der Waals surface area (Å²) in [5.74, 6) is 0.246. The highest BCUT2D eigenvalue weighted by Gasteiger charge is 2.19. The van der Waals surface area contributed by atoms with Gasteiger partial charge in [-0.2, -0.15) is 0 Å². The molecule has 1 N–H and O–H groups in total. The molecule has 0 aliphatic carbocycles. The number of para-hydroxylation sites is 1. The van der Waals surface area contributed by atoms with Gasteiger partial charge >= 0.3 is 5.97 Å². The van der Waals surface area contributed by atoms with E-state index >= 15 is 0 Å². The molecule has 0 saturated carbocycles. The van der Waals surface area contributed by atoms with Crippen LogP contribution in [-0.4, -0.2) is 24.6 Å². The Hall–Kier alpha value is -2.82. The second kappa shape index (κ2) is 9.04. The number of rotatable bonds is 7. The molecule has 0 fully saturated rings. The minimum absolute atomic E-state index is 0.271. The van der Waals surface area contributed by atoms with Crippen LogP contribution in [-0.2, 0) is 9.53 Å².